The van der Waals surface area contributed by atoms with Gasteiger partial charge in [-0.3, -0.25) is 14.9 Å². The van der Waals surface area contributed by atoms with Crippen molar-refractivity contribution in [3.8, 4) is 5.82 Å². The van der Waals surface area contributed by atoms with Crippen LogP contribution in [0.5, 0.6) is 0 Å². The smallest absolute Gasteiger partial charge is 0.270 e. The molecule has 0 atom stereocenters. The number of nitrogens with zero attached hydrogens (tertiary/aromatic N) is 4. The molecule has 0 unspecified atom stereocenters. The fourth-order valence-electron chi connectivity index (χ4n) is 3.65. The Bertz CT molecular complexity index is 1360. The molecule has 0 aliphatic rings. The first kappa shape index (κ1) is 20.2. The Labute approximate surface area is 178 Å². The molecule has 0 spiro atoms. The zero-order valence-electron chi connectivity index (χ0n) is 17.6. The van der Waals surface area contributed by atoms with E-state index in [0.717, 1.165) is 22.0 Å². The number of nitro benzene ring substituents is 1. The highest BCUT2D eigenvalue weighted by atomic mass is 16.6. The molecule has 4 rings (SSSR count). The van der Waals surface area contributed by atoms with Crippen molar-refractivity contribution >= 4 is 28.3 Å². The Kier molecular flexibility index (Phi) is 4.98. The zero-order chi connectivity index (χ0) is 22.3. The minimum Gasteiger partial charge on any atom is -0.306 e. The number of benzene rings is 2. The molecule has 1 N–H and O–H groups in total. The predicted molar refractivity (Wildman–Crippen MR) is 119 cm³/mol. The number of nitro groups is 1. The van der Waals surface area contributed by atoms with Crippen LogP contribution in [0.25, 0.3) is 16.7 Å². The zero-order valence-corrected chi connectivity index (χ0v) is 17.6. The molecule has 8 heteroatoms. The van der Waals surface area contributed by atoms with Crippen molar-refractivity contribution in [3.63, 3.8) is 0 Å². The van der Waals surface area contributed by atoms with E-state index in [1.54, 1.807) is 10.7 Å². The minimum atomic E-state index is -0.531. The number of rotatable bonds is 4. The molecule has 0 bridgehead atoms. The largest absolute Gasteiger partial charge is 0.306 e. The minimum absolute atomic E-state index is 0.144. The van der Waals surface area contributed by atoms with Crippen LogP contribution in [0.2, 0.25) is 0 Å². The maximum Gasteiger partial charge on any atom is 0.270 e. The van der Waals surface area contributed by atoms with E-state index < -0.39 is 10.8 Å². The van der Waals surface area contributed by atoms with E-state index in [1.807, 2.05) is 26.8 Å². The average Bonchev–Trinajstić information content (AvgIpc) is 3.08. The lowest BCUT2D eigenvalue weighted by atomic mass is 10.0. The van der Waals surface area contributed by atoms with Crippen molar-refractivity contribution < 1.29 is 9.72 Å². The van der Waals surface area contributed by atoms with Gasteiger partial charge in [-0.15, -0.1) is 0 Å². The lowest BCUT2D eigenvalue weighted by Gasteiger charge is -2.12. The van der Waals surface area contributed by atoms with E-state index in [1.165, 1.54) is 29.8 Å². The van der Waals surface area contributed by atoms with Crippen LogP contribution in [0.4, 0.5) is 11.5 Å². The number of hydrogen-bond donors (Lipinski definition) is 1. The molecule has 1 amide bonds. The van der Waals surface area contributed by atoms with Crippen molar-refractivity contribution in [3.05, 3.63) is 86.6 Å². The van der Waals surface area contributed by atoms with E-state index >= 15 is 0 Å². The molecule has 2 aromatic carbocycles. The van der Waals surface area contributed by atoms with E-state index in [-0.39, 0.29) is 11.3 Å². The number of nitrogens with one attached hydrogen (secondary N) is 1. The molecular weight excluding hydrogens is 394 g/mol. The van der Waals surface area contributed by atoms with Gasteiger partial charge in [-0.25, -0.2) is 4.98 Å². The number of anilines is 1. The summed E-state index contributed by atoms with van der Waals surface area (Å²) in [5.41, 5.74) is 4.91. The number of fused-ring (bicyclic) bond motifs is 1. The number of amides is 1. The highest BCUT2D eigenvalue weighted by molar-refractivity contribution is 6.04. The summed E-state index contributed by atoms with van der Waals surface area (Å²) >= 11 is 0. The number of pyridine rings is 1. The van der Waals surface area contributed by atoms with Crippen LogP contribution in [-0.2, 0) is 0 Å². The standard InChI is InChI=1S/C23H21N5O3/c1-13-8-15(3)22-19(9-13)14(2)10-20(24-22)27-21(11-16(4)26-27)25-23(29)17-6-5-7-18(12-17)28(30)31/h5-12H,1-4H3,(H,25,29). The summed E-state index contributed by atoms with van der Waals surface area (Å²) in [6, 6.07) is 13.4. The Balaban J connectivity index is 1.75. The molecule has 8 nitrogen and oxygen atoms in total. The topological polar surface area (TPSA) is 103 Å². The van der Waals surface area contributed by atoms with Crippen LogP contribution in [0.1, 0.15) is 32.7 Å². The van der Waals surface area contributed by atoms with Crippen molar-refractivity contribution in [2.45, 2.75) is 27.7 Å². The van der Waals surface area contributed by atoms with Gasteiger partial charge >= 0.3 is 0 Å². The van der Waals surface area contributed by atoms with Crippen molar-refractivity contribution in [1.29, 1.82) is 0 Å². The van der Waals surface area contributed by atoms with Gasteiger partial charge in [-0.05, 0) is 57.0 Å². The molecule has 0 aliphatic carbocycles. The number of aryl methyl sites for hydroxylation is 4. The molecule has 0 fully saturated rings. The summed E-state index contributed by atoms with van der Waals surface area (Å²) in [5.74, 6) is 0.554. The quantitative estimate of drug-likeness (QED) is 0.380. The van der Waals surface area contributed by atoms with Gasteiger partial charge in [-0.1, -0.05) is 17.7 Å². The molecule has 2 aromatic heterocycles. The van der Waals surface area contributed by atoms with Crippen molar-refractivity contribution in [2.24, 2.45) is 0 Å². The van der Waals surface area contributed by atoms with Gasteiger partial charge < -0.3 is 5.32 Å². The summed E-state index contributed by atoms with van der Waals surface area (Å²) in [6.07, 6.45) is 0. The van der Waals surface area contributed by atoms with Crippen LogP contribution in [0.3, 0.4) is 0 Å². The first-order valence-corrected chi connectivity index (χ1v) is 9.74. The molecule has 0 aliphatic heterocycles. The molecular formula is C23H21N5O3. The third kappa shape index (κ3) is 3.87. The molecule has 4 aromatic rings. The average molecular weight is 415 g/mol. The van der Waals surface area contributed by atoms with Crippen molar-refractivity contribution in [2.75, 3.05) is 5.32 Å². The number of aromatic nitrogens is 3. The van der Waals surface area contributed by atoms with Gasteiger partial charge in [0.25, 0.3) is 11.6 Å². The highest BCUT2D eigenvalue weighted by Crippen LogP contribution is 2.26. The Hall–Kier alpha value is -4.07. The second kappa shape index (κ2) is 7.64. The lowest BCUT2D eigenvalue weighted by molar-refractivity contribution is -0.384. The SMILES string of the molecule is Cc1cc(C)c2nc(-n3nc(C)cc3NC(=O)c3cccc([N+](=O)[O-])c3)cc(C)c2c1. The van der Waals surface area contributed by atoms with E-state index in [0.29, 0.717) is 17.3 Å². The summed E-state index contributed by atoms with van der Waals surface area (Å²) in [4.78, 5) is 28.0. The first-order chi connectivity index (χ1) is 14.7. The van der Waals surface area contributed by atoms with Gasteiger partial charge in [0.2, 0.25) is 0 Å². The summed E-state index contributed by atoms with van der Waals surface area (Å²) < 4.78 is 1.58. The highest BCUT2D eigenvalue weighted by Gasteiger charge is 2.17. The van der Waals surface area contributed by atoms with Crippen molar-refractivity contribution in [1.82, 2.24) is 14.8 Å². The van der Waals surface area contributed by atoms with Gasteiger partial charge in [0.1, 0.15) is 5.82 Å². The number of carbonyl (C=O) groups is 1. The first-order valence-electron chi connectivity index (χ1n) is 9.74. The predicted octanol–water partition coefficient (Wildman–Crippen LogP) is 4.81. The van der Waals surface area contributed by atoms with E-state index in [9.17, 15) is 14.9 Å². The van der Waals surface area contributed by atoms with Gasteiger partial charge in [0, 0.05) is 29.1 Å². The molecule has 156 valence electrons. The summed E-state index contributed by atoms with van der Waals surface area (Å²) in [5, 5.41) is 19.4. The van der Waals surface area contributed by atoms with E-state index in [4.69, 9.17) is 4.98 Å². The summed E-state index contributed by atoms with van der Waals surface area (Å²) in [6.45, 7) is 7.91. The van der Waals surface area contributed by atoms with Crippen LogP contribution < -0.4 is 5.32 Å². The maximum absolute atomic E-state index is 12.8. The molecule has 0 saturated heterocycles. The third-order valence-corrected chi connectivity index (χ3v) is 5.05. The van der Waals surface area contributed by atoms with Crippen LogP contribution in [0, 0.1) is 37.8 Å². The number of hydrogen-bond acceptors (Lipinski definition) is 5. The van der Waals surface area contributed by atoms with Gasteiger partial charge in [0.05, 0.1) is 16.1 Å². The monoisotopic (exact) mass is 415 g/mol. The van der Waals surface area contributed by atoms with Crippen LogP contribution >= 0.6 is 0 Å². The fourth-order valence-corrected chi connectivity index (χ4v) is 3.65. The van der Waals surface area contributed by atoms with Crippen LogP contribution in [0.15, 0.2) is 48.5 Å². The fraction of sp³-hybridized carbons (Fsp3) is 0.174. The van der Waals surface area contributed by atoms with Crippen LogP contribution in [-0.4, -0.2) is 25.6 Å². The van der Waals surface area contributed by atoms with Gasteiger partial charge in [0.15, 0.2) is 5.82 Å². The second-order valence-corrected chi connectivity index (χ2v) is 7.62. The maximum atomic E-state index is 12.8. The summed E-state index contributed by atoms with van der Waals surface area (Å²) in [7, 11) is 0. The number of non-ortho nitro benzene ring substituents is 1. The Morgan fingerprint density at radius 3 is 2.55 bits per heavy atom. The molecule has 0 radical (unpaired) electrons. The lowest BCUT2D eigenvalue weighted by Crippen LogP contribution is -2.16. The molecule has 31 heavy (non-hydrogen) atoms. The Morgan fingerprint density at radius 2 is 1.81 bits per heavy atom. The Morgan fingerprint density at radius 1 is 1.03 bits per heavy atom. The molecule has 2 heterocycles. The third-order valence-electron chi connectivity index (χ3n) is 5.05. The normalized spacial score (nSPS) is 11.0. The second-order valence-electron chi connectivity index (χ2n) is 7.62. The molecule has 0 saturated carbocycles. The number of carbonyl (C=O) groups excluding carboxylic acids is 1. The van der Waals surface area contributed by atoms with Gasteiger partial charge in [-0.2, -0.15) is 9.78 Å². The van der Waals surface area contributed by atoms with E-state index in [2.05, 4.69) is 29.5 Å².